The summed E-state index contributed by atoms with van der Waals surface area (Å²) in [5.41, 5.74) is -0.132. The average molecular weight is 321 g/mol. The molecule has 1 atom stereocenters. The van der Waals surface area contributed by atoms with Crippen molar-refractivity contribution in [2.75, 3.05) is 26.2 Å². The van der Waals surface area contributed by atoms with Crippen LogP contribution in [0, 0.1) is 0 Å². The molecule has 1 aromatic heterocycles. The molecule has 0 saturated carbocycles. The van der Waals surface area contributed by atoms with Crippen molar-refractivity contribution in [2.24, 2.45) is 0 Å². The first-order chi connectivity index (χ1) is 10.8. The predicted octanol–water partition coefficient (Wildman–Crippen LogP) is 1.31. The topological polar surface area (TPSA) is 80.3 Å². The van der Waals surface area contributed by atoms with Crippen LogP contribution in [0.3, 0.4) is 0 Å². The maximum Gasteiger partial charge on any atom is 0.410 e. The van der Waals surface area contributed by atoms with E-state index in [9.17, 15) is 9.59 Å². The van der Waals surface area contributed by atoms with Crippen molar-refractivity contribution in [3.63, 3.8) is 0 Å². The quantitative estimate of drug-likeness (QED) is 0.767. The van der Waals surface area contributed by atoms with Gasteiger partial charge in [0, 0.05) is 26.2 Å². The molecule has 0 spiro atoms. The summed E-state index contributed by atoms with van der Waals surface area (Å²) in [6, 6.07) is 0.0273. The molecule has 126 valence electrons. The number of nitrogens with zero attached hydrogens (tertiary/aromatic N) is 5. The van der Waals surface area contributed by atoms with E-state index in [-0.39, 0.29) is 18.0 Å². The Kier molecular flexibility index (Phi) is 3.99. The Morgan fingerprint density at radius 3 is 2.61 bits per heavy atom. The van der Waals surface area contributed by atoms with Crippen LogP contribution >= 0.6 is 0 Å². The van der Waals surface area contributed by atoms with Crippen LogP contribution in [-0.2, 0) is 4.74 Å². The number of hydrogen-bond acceptors (Lipinski definition) is 5. The lowest BCUT2D eigenvalue weighted by atomic mass is 10.1. The highest BCUT2D eigenvalue weighted by Gasteiger charge is 2.31. The number of amides is 2. The van der Waals surface area contributed by atoms with Gasteiger partial charge in [-0.1, -0.05) is 5.21 Å². The molecule has 2 aliphatic rings. The Morgan fingerprint density at radius 2 is 1.96 bits per heavy atom. The molecule has 0 radical (unpaired) electrons. The Morgan fingerprint density at radius 1 is 1.22 bits per heavy atom. The summed E-state index contributed by atoms with van der Waals surface area (Å²) in [6.45, 7) is 8.36. The van der Waals surface area contributed by atoms with Gasteiger partial charge in [-0.25, -0.2) is 9.48 Å². The molecule has 2 fully saturated rings. The molecule has 23 heavy (non-hydrogen) atoms. The monoisotopic (exact) mass is 321 g/mol. The number of carbonyl (C=O) groups excluding carboxylic acids is 2. The normalized spacial score (nSPS) is 21.3. The van der Waals surface area contributed by atoms with Crippen molar-refractivity contribution in [3.8, 4) is 0 Å². The number of ether oxygens (including phenoxy) is 1. The maximum absolute atomic E-state index is 12.2. The summed E-state index contributed by atoms with van der Waals surface area (Å²) in [7, 11) is 0. The van der Waals surface area contributed by atoms with E-state index in [0.29, 0.717) is 18.8 Å². The minimum atomic E-state index is -0.504. The zero-order chi connectivity index (χ0) is 16.6. The highest BCUT2D eigenvalue weighted by atomic mass is 16.6. The molecule has 8 nitrogen and oxygen atoms in total. The Balaban J connectivity index is 1.64. The molecule has 0 aromatic carbocycles. The van der Waals surface area contributed by atoms with E-state index in [2.05, 4.69) is 10.3 Å². The van der Waals surface area contributed by atoms with Crippen LogP contribution in [-0.4, -0.2) is 68.6 Å². The summed E-state index contributed by atoms with van der Waals surface area (Å²) in [5, 5.41) is 8.05. The number of likely N-dealkylation sites (tertiary alicyclic amines) is 1. The van der Waals surface area contributed by atoms with Gasteiger partial charge in [0.05, 0.1) is 12.2 Å². The van der Waals surface area contributed by atoms with Gasteiger partial charge in [-0.15, -0.1) is 5.10 Å². The van der Waals surface area contributed by atoms with Crippen LogP contribution in [0.15, 0.2) is 6.20 Å². The van der Waals surface area contributed by atoms with Crippen LogP contribution in [0.4, 0.5) is 4.79 Å². The molecule has 1 unspecified atom stereocenters. The third kappa shape index (κ3) is 3.80. The SMILES string of the molecule is CC(C)(C)OC(=O)N1CCCC(n2cc(C(=O)N3CC3)nn2)C1. The molecule has 8 heteroatoms. The summed E-state index contributed by atoms with van der Waals surface area (Å²) in [4.78, 5) is 27.6. The van der Waals surface area contributed by atoms with Gasteiger partial charge in [0.25, 0.3) is 5.91 Å². The first-order valence-corrected chi connectivity index (χ1v) is 8.02. The molecular formula is C15H23N5O3. The summed E-state index contributed by atoms with van der Waals surface area (Å²) in [5.74, 6) is -0.0731. The predicted molar refractivity (Wildman–Crippen MR) is 82.0 cm³/mol. The fourth-order valence-corrected chi connectivity index (χ4v) is 2.63. The lowest BCUT2D eigenvalue weighted by Crippen LogP contribution is -2.43. The maximum atomic E-state index is 12.2. The van der Waals surface area contributed by atoms with Crippen molar-refractivity contribution in [2.45, 2.75) is 45.3 Å². The fourth-order valence-electron chi connectivity index (χ4n) is 2.63. The summed E-state index contributed by atoms with van der Waals surface area (Å²) >= 11 is 0. The lowest BCUT2D eigenvalue weighted by molar-refractivity contribution is 0.0166. The van der Waals surface area contributed by atoms with Gasteiger partial charge >= 0.3 is 6.09 Å². The second kappa shape index (κ2) is 5.82. The molecule has 2 aliphatic heterocycles. The molecule has 0 bridgehead atoms. The van der Waals surface area contributed by atoms with Gasteiger partial charge < -0.3 is 14.5 Å². The van der Waals surface area contributed by atoms with Gasteiger partial charge in [0.2, 0.25) is 0 Å². The van der Waals surface area contributed by atoms with E-state index < -0.39 is 5.60 Å². The van der Waals surface area contributed by atoms with E-state index in [1.54, 1.807) is 20.7 Å². The van der Waals surface area contributed by atoms with Crippen LogP contribution in [0.25, 0.3) is 0 Å². The number of carbonyl (C=O) groups is 2. The van der Waals surface area contributed by atoms with Crippen LogP contribution in [0.1, 0.15) is 50.1 Å². The second-order valence-corrected chi connectivity index (χ2v) is 7.10. The standard InChI is InChI=1S/C15H23N5O3/c1-15(2,3)23-14(22)19-6-4-5-11(9-19)20-10-12(16-17-20)13(21)18-7-8-18/h10-11H,4-9H2,1-3H3. The number of rotatable bonds is 2. The van der Waals surface area contributed by atoms with Gasteiger partial charge in [-0.3, -0.25) is 4.79 Å². The molecule has 0 aliphatic carbocycles. The van der Waals surface area contributed by atoms with E-state index in [4.69, 9.17) is 4.74 Å². The molecular weight excluding hydrogens is 298 g/mol. The Hall–Kier alpha value is -2.12. The van der Waals surface area contributed by atoms with Gasteiger partial charge in [0.15, 0.2) is 5.69 Å². The number of hydrogen-bond donors (Lipinski definition) is 0. The summed E-state index contributed by atoms with van der Waals surface area (Å²) < 4.78 is 7.13. The van der Waals surface area contributed by atoms with E-state index in [0.717, 1.165) is 25.9 Å². The zero-order valence-corrected chi connectivity index (χ0v) is 13.9. The fraction of sp³-hybridized carbons (Fsp3) is 0.733. The molecule has 3 rings (SSSR count). The molecule has 2 amide bonds. The zero-order valence-electron chi connectivity index (χ0n) is 13.9. The van der Waals surface area contributed by atoms with Crippen molar-refractivity contribution in [3.05, 3.63) is 11.9 Å². The van der Waals surface area contributed by atoms with E-state index in [1.807, 2.05) is 20.8 Å². The second-order valence-electron chi connectivity index (χ2n) is 7.10. The molecule has 3 heterocycles. The first kappa shape index (κ1) is 15.8. The first-order valence-electron chi connectivity index (χ1n) is 8.02. The van der Waals surface area contributed by atoms with Crippen molar-refractivity contribution < 1.29 is 14.3 Å². The third-order valence-electron chi connectivity index (χ3n) is 3.89. The highest BCUT2D eigenvalue weighted by Crippen LogP contribution is 2.23. The van der Waals surface area contributed by atoms with Gasteiger partial charge in [-0.2, -0.15) is 0 Å². The van der Waals surface area contributed by atoms with Crippen molar-refractivity contribution >= 4 is 12.0 Å². The Bertz CT molecular complexity index is 602. The van der Waals surface area contributed by atoms with Gasteiger partial charge in [0.1, 0.15) is 5.60 Å². The largest absolute Gasteiger partial charge is 0.444 e. The van der Waals surface area contributed by atoms with Crippen molar-refractivity contribution in [1.29, 1.82) is 0 Å². The average Bonchev–Trinajstić information content (AvgIpc) is 3.22. The molecule has 2 saturated heterocycles. The summed E-state index contributed by atoms with van der Waals surface area (Å²) in [6.07, 6.45) is 3.16. The van der Waals surface area contributed by atoms with Gasteiger partial charge in [-0.05, 0) is 33.6 Å². The Labute approximate surface area is 135 Å². The number of piperidine rings is 1. The number of aromatic nitrogens is 3. The minimum absolute atomic E-state index is 0.0273. The van der Waals surface area contributed by atoms with Crippen LogP contribution < -0.4 is 0 Å². The smallest absolute Gasteiger partial charge is 0.410 e. The van der Waals surface area contributed by atoms with E-state index in [1.165, 1.54) is 0 Å². The highest BCUT2D eigenvalue weighted by molar-refractivity contribution is 5.93. The van der Waals surface area contributed by atoms with Crippen LogP contribution in [0.5, 0.6) is 0 Å². The van der Waals surface area contributed by atoms with Crippen molar-refractivity contribution in [1.82, 2.24) is 24.8 Å². The lowest BCUT2D eigenvalue weighted by Gasteiger charge is -2.33. The third-order valence-corrected chi connectivity index (χ3v) is 3.89. The van der Waals surface area contributed by atoms with Crippen LogP contribution in [0.2, 0.25) is 0 Å². The molecule has 1 aromatic rings. The van der Waals surface area contributed by atoms with E-state index >= 15 is 0 Å². The minimum Gasteiger partial charge on any atom is -0.444 e. The molecule has 0 N–H and O–H groups in total.